The molecular formula is C22H25F2N3O2. The van der Waals surface area contributed by atoms with Crippen LogP contribution in [0.5, 0.6) is 5.75 Å². The van der Waals surface area contributed by atoms with Crippen LogP contribution in [0.2, 0.25) is 0 Å². The van der Waals surface area contributed by atoms with Gasteiger partial charge in [0.1, 0.15) is 5.75 Å². The van der Waals surface area contributed by atoms with E-state index < -0.39 is 11.6 Å². The first-order valence-electron chi connectivity index (χ1n) is 9.72. The number of nitrogens with zero attached hydrogens (tertiary/aromatic N) is 1. The molecule has 2 N–H and O–H groups in total. The second kappa shape index (κ2) is 8.08. The van der Waals surface area contributed by atoms with Gasteiger partial charge >= 0.3 is 0 Å². The Morgan fingerprint density at radius 2 is 2.07 bits per heavy atom. The Morgan fingerprint density at radius 1 is 1.24 bits per heavy atom. The minimum atomic E-state index is -0.899. The molecule has 1 spiro atoms. The number of hydrogen-bond donors (Lipinski definition) is 2. The monoisotopic (exact) mass is 401 g/mol. The van der Waals surface area contributed by atoms with E-state index in [0.29, 0.717) is 25.6 Å². The quantitative estimate of drug-likeness (QED) is 0.697. The first-order chi connectivity index (χ1) is 14.0. The number of halogens is 2. The van der Waals surface area contributed by atoms with E-state index >= 15 is 0 Å². The van der Waals surface area contributed by atoms with Crippen molar-refractivity contribution in [3.63, 3.8) is 0 Å². The highest BCUT2D eigenvalue weighted by molar-refractivity contribution is 5.86. The van der Waals surface area contributed by atoms with Crippen LogP contribution in [0.3, 0.4) is 0 Å². The highest BCUT2D eigenvalue weighted by Crippen LogP contribution is 2.43. The van der Waals surface area contributed by atoms with Gasteiger partial charge in [-0.2, -0.15) is 0 Å². The van der Waals surface area contributed by atoms with Crippen molar-refractivity contribution in [3.05, 3.63) is 59.2 Å². The van der Waals surface area contributed by atoms with Gasteiger partial charge in [-0.25, -0.2) is 8.78 Å². The molecule has 1 unspecified atom stereocenters. The maximum Gasteiger partial charge on any atom is 0.162 e. The van der Waals surface area contributed by atoms with E-state index in [2.05, 4.69) is 16.3 Å². The van der Waals surface area contributed by atoms with E-state index in [1.54, 1.807) is 0 Å². The summed E-state index contributed by atoms with van der Waals surface area (Å²) in [5.41, 5.74) is 3.00. The van der Waals surface area contributed by atoms with Gasteiger partial charge in [-0.3, -0.25) is 4.90 Å². The van der Waals surface area contributed by atoms with Gasteiger partial charge in [-0.15, -0.1) is 0 Å². The van der Waals surface area contributed by atoms with Gasteiger partial charge in [0.2, 0.25) is 0 Å². The van der Waals surface area contributed by atoms with Gasteiger partial charge in [0.25, 0.3) is 0 Å². The Kier molecular flexibility index (Phi) is 5.52. The van der Waals surface area contributed by atoms with Crippen LogP contribution in [-0.2, 0) is 11.3 Å². The zero-order valence-electron chi connectivity index (χ0n) is 16.4. The normalized spacial score (nSPS) is 20.4. The number of anilines is 1. The number of rotatable bonds is 7. The average Bonchev–Trinajstić information content (AvgIpc) is 3.07. The van der Waals surface area contributed by atoms with E-state index in [-0.39, 0.29) is 11.3 Å². The van der Waals surface area contributed by atoms with Gasteiger partial charge in [-0.1, -0.05) is 6.07 Å². The third-order valence-corrected chi connectivity index (χ3v) is 5.95. The van der Waals surface area contributed by atoms with Crippen LogP contribution >= 0.6 is 0 Å². The van der Waals surface area contributed by atoms with Crippen LogP contribution in [0.1, 0.15) is 11.1 Å². The highest BCUT2D eigenvalue weighted by Gasteiger charge is 2.52. The predicted octanol–water partition coefficient (Wildman–Crippen LogP) is 3.53. The molecule has 0 amide bonds. The number of benzene rings is 2. The Morgan fingerprint density at radius 3 is 2.72 bits per heavy atom. The molecule has 2 aromatic rings. The smallest absolute Gasteiger partial charge is 0.162 e. The van der Waals surface area contributed by atoms with Crippen molar-refractivity contribution in [2.24, 2.45) is 11.3 Å². The van der Waals surface area contributed by atoms with Gasteiger partial charge in [0.05, 0.1) is 19.8 Å². The SMILES string of the molecule is CNc1ccc(CN2CC(COc3ccc(F)c(F)c3)C3(COC3)C2)cc1C=N. The van der Waals surface area contributed by atoms with E-state index in [4.69, 9.17) is 14.9 Å². The van der Waals surface area contributed by atoms with Crippen molar-refractivity contribution in [3.8, 4) is 5.75 Å². The Bertz CT molecular complexity index is 902. The summed E-state index contributed by atoms with van der Waals surface area (Å²) in [4.78, 5) is 2.38. The molecule has 2 aromatic carbocycles. The summed E-state index contributed by atoms with van der Waals surface area (Å²) in [5, 5.41) is 10.7. The minimum absolute atomic E-state index is 0.0495. The highest BCUT2D eigenvalue weighted by atomic mass is 19.2. The fourth-order valence-corrected chi connectivity index (χ4v) is 4.26. The molecule has 7 heteroatoms. The molecule has 29 heavy (non-hydrogen) atoms. The molecule has 2 saturated heterocycles. The lowest BCUT2D eigenvalue weighted by atomic mass is 9.77. The second-order valence-corrected chi connectivity index (χ2v) is 7.92. The van der Waals surface area contributed by atoms with E-state index in [0.717, 1.165) is 48.6 Å². The maximum absolute atomic E-state index is 13.4. The van der Waals surface area contributed by atoms with E-state index in [1.807, 2.05) is 19.2 Å². The fraction of sp³-hybridized carbons (Fsp3) is 0.409. The largest absolute Gasteiger partial charge is 0.493 e. The summed E-state index contributed by atoms with van der Waals surface area (Å²) in [7, 11) is 1.85. The van der Waals surface area contributed by atoms with Crippen LogP contribution in [-0.4, -0.2) is 51.1 Å². The maximum atomic E-state index is 13.4. The van der Waals surface area contributed by atoms with Crippen molar-refractivity contribution < 1.29 is 18.3 Å². The minimum Gasteiger partial charge on any atom is -0.493 e. The number of likely N-dealkylation sites (tertiary alicyclic amines) is 1. The molecule has 5 nitrogen and oxygen atoms in total. The molecule has 1 atom stereocenters. The van der Waals surface area contributed by atoms with Crippen LogP contribution in [0.15, 0.2) is 36.4 Å². The molecule has 0 aromatic heterocycles. The number of hydrogen-bond acceptors (Lipinski definition) is 5. The lowest BCUT2D eigenvalue weighted by Gasteiger charge is -2.42. The second-order valence-electron chi connectivity index (χ2n) is 7.92. The summed E-state index contributed by atoms with van der Waals surface area (Å²) in [6.45, 7) is 4.37. The van der Waals surface area contributed by atoms with Crippen molar-refractivity contribution >= 4 is 11.9 Å². The molecule has 0 aliphatic carbocycles. The summed E-state index contributed by atoms with van der Waals surface area (Å²) in [5.74, 6) is -1.18. The Hall–Kier alpha value is -2.51. The molecule has 2 aliphatic rings. The zero-order valence-corrected chi connectivity index (χ0v) is 16.4. The molecule has 0 radical (unpaired) electrons. The molecular weight excluding hydrogens is 376 g/mol. The molecule has 154 valence electrons. The molecule has 0 saturated carbocycles. The Labute approximate surface area is 169 Å². The molecule has 0 bridgehead atoms. The molecule has 2 fully saturated rings. The number of ether oxygens (including phenoxy) is 2. The average molecular weight is 401 g/mol. The fourth-order valence-electron chi connectivity index (χ4n) is 4.26. The summed E-state index contributed by atoms with van der Waals surface area (Å²) in [6.07, 6.45) is 1.36. The zero-order chi connectivity index (χ0) is 20.4. The van der Waals surface area contributed by atoms with Gasteiger partial charge < -0.3 is 20.2 Å². The van der Waals surface area contributed by atoms with Gasteiger partial charge in [-0.05, 0) is 29.8 Å². The van der Waals surface area contributed by atoms with Crippen molar-refractivity contribution in [1.82, 2.24) is 4.90 Å². The Balaban J connectivity index is 1.42. The van der Waals surface area contributed by atoms with Crippen molar-refractivity contribution in [2.45, 2.75) is 6.54 Å². The van der Waals surface area contributed by atoms with Crippen LogP contribution in [0.25, 0.3) is 0 Å². The standard InChI is InChI=1S/C22H25F2N3O2/c1-26-21-5-2-15(6-16(21)8-25)9-27-10-17(22(12-27)13-28-14-22)11-29-18-3-4-19(23)20(24)7-18/h2-8,17,25-26H,9-14H2,1H3. The van der Waals surface area contributed by atoms with Gasteiger partial charge in [0.15, 0.2) is 11.6 Å². The first-order valence-corrected chi connectivity index (χ1v) is 9.72. The van der Waals surface area contributed by atoms with Crippen molar-refractivity contribution in [1.29, 1.82) is 5.41 Å². The summed E-state index contributed by atoms with van der Waals surface area (Å²) >= 11 is 0. The van der Waals surface area contributed by atoms with Crippen molar-refractivity contribution in [2.75, 3.05) is 45.3 Å². The molecule has 2 aliphatic heterocycles. The van der Waals surface area contributed by atoms with Gasteiger partial charge in [0, 0.05) is 61.5 Å². The number of nitrogens with one attached hydrogen (secondary N) is 2. The van der Waals surface area contributed by atoms with Crippen LogP contribution in [0.4, 0.5) is 14.5 Å². The lowest BCUT2D eigenvalue weighted by molar-refractivity contribution is -0.133. The predicted molar refractivity (Wildman–Crippen MR) is 108 cm³/mol. The van der Waals surface area contributed by atoms with E-state index in [1.165, 1.54) is 12.3 Å². The van der Waals surface area contributed by atoms with Crippen LogP contribution in [0, 0.1) is 28.4 Å². The lowest BCUT2D eigenvalue weighted by Crippen LogP contribution is -2.50. The van der Waals surface area contributed by atoms with Crippen LogP contribution < -0.4 is 10.1 Å². The first kappa shape index (κ1) is 19.8. The third kappa shape index (κ3) is 3.97. The summed E-state index contributed by atoms with van der Waals surface area (Å²) in [6, 6.07) is 9.74. The third-order valence-electron chi connectivity index (χ3n) is 5.95. The summed E-state index contributed by atoms with van der Waals surface area (Å²) < 4.78 is 37.8. The topological polar surface area (TPSA) is 57.6 Å². The molecule has 4 rings (SSSR count). The molecule has 2 heterocycles. The van der Waals surface area contributed by atoms with E-state index in [9.17, 15) is 8.78 Å².